The third-order valence-corrected chi connectivity index (χ3v) is 3.85. The van der Waals surface area contributed by atoms with Gasteiger partial charge >= 0.3 is 0 Å². The molecule has 1 aromatic carbocycles. The molecule has 7 nitrogen and oxygen atoms in total. The van der Waals surface area contributed by atoms with E-state index in [0.29, 0.717) is 11.4 Å². The molecule has 2 aromatic rings. The summed E-state index contributed by atoms with van der Waals surface area (Å²) in [6.45, 7) is 0. The quantitative estimate of drug-likeness (QED) is 0.808. The average molecular weight is 282 g/mol. The van der Waals surface area contributed by atoms with Gasteiger partial charge < -0.3 is 10.5 Å². The van der Waals surface area contributed by atoms with Gasteiger partial charge in [0.05, 0.1) is 29.6 Å². The Hall–Kier alpha value is -2.22. The van der Waals surface area contributed by atoms with Crippen LogP contribution in [0.1, 0.15) is 0 Å². The molecule has 8 heteroatoms. The van der Waals surface area contributed by atoms with Crippen molar-refractivity contribution in [1.29, 1.82) is 0 Å². The van der Waals surface area contributed by atoms with Crippen molar-refractivity contribution in [2.75, 3.05) is 17.6 Å². The number of hydrogen-bond donors (Lipinski definition) is 2. The number of methoxy groups -OCH3 is 1. The summed E-state index contributed by atoms with van der Waals surface area (Å²) in [4.78, 5) is 0.0645. The number of benzene rings is 1. The molecule has 0 atom stereocenters. The van der Waals surface area contributed by atoms with Gasteiger partial charge in [-0.05, 0) is 18.2 Å². The fourth-order valence-electron chi connectivity index (χ4n) is 1.57. The van der Waals surface area contributed by atoms with Crippen LogP contribution in [0.4, 0.5) is 11.4 Å². The van der Waals surface area contributed by atoms with Crippen molar-refractivity contribution < 1.29 is 13.2 Å². The minimum absolute atomic E-state index is 0.0645. The third kappa shape index (κ3) is 2.79. The first-order chi connectivity index (χ1) is 8.92. The molecule has 0 bridgehead atoms. The van der Waals surface area contributed by atoms with Gasteiger partial charge in [0.1, 0.15) is 5.75 Å². The summed E-state index contributed by atoms with van der Waals surface area (Å²) in [6.07, 6.45) is 2.98. The summed E-state index contributed by atoms with van der Waals surface area (Å²) in [5.74, 6) is 0.431. The Bertz CT molecular complexity index is 694. The monoisotopic (exact) mass is 282 g/mol. The van der Waals surface area contributed by atoms with Crippen LogP contribution in [0.5, 0.6) is 5.75 Å². The first-order valence-electron chi connectivity index (χ1n) is 5.37. The summed E-state index contributed by atoms with van der Waals surface area (Å²) < 4.78 is 33.1. The highest BCUT2D eigenvalue weighted by atomic mass is 32.2. The number of nitrogens with one attached hydrogen (secondary N) is 1. The van der Waals surface area contributed by atoms with Crippen molar-refractivity contribution in [3.05, 3.63) is 30.6 Å². The van der Waals surface area contributed by atoms with Gasteiger partial charge in [0.2, 0.25) is 0 Å². The molecule has 0 fully saturated rings. The smallest absolute Gasteiger partial charge is 0.262 e. The van der Waals surface area contributed by atoms with Crippen molar-refractivity contribution in [2.24, 2.45) is 7.05 Å². The first kappa shape index (κ1) is 13.2. The van der Waals surface area contributed by atoms with Gasteiger partial charge in [-0.1, -0.05) is 0 Å². The Morgan fingerprint density at radius 1 is 1.42 bits per heavy atom. The second-order valence-electron chi connectivity index (χ2n) is 3.91. The molecular weight excluding hydrogens is 268 g/mol. The molecule has 0 radical (unpaired) electrons. The summed E-state index contributed by atoms with van der Waals surface area (Å²) in [5, 5.41) is 3.88. The molecule has 102 valence electrons. The topological polar surface area (TPSA) is 99.2 Å². The zero-order valence-corrected chi connectivity index (χ0v) is 11.3. The molecule has 0 aliphatic heterocycles. The molecule has 3 N–H and O–H groups in total. The standard InChI is InChI=1S/C11H14N4O3S/c1-15-7-8(6-13-15)14-19(16,17)9-3-4-11(18-2)10(12)5-9/h3-7,14H,12H2,1-2H3. The van der Waals surface area contributed by atoms with E-state index in [1.165, 1.54) is 36.2 Å². The van der Waals surface area contributed by atoms with E-state index in [1.807, 2.05) is 0 Å². The van der Waals surface area contributed by atoms with Crippen LogP contribution in [0, 0.1) is 0 Å². The lowest BCUT2D eigenvalue weighted by atomic mass is 10.3. The van der Waals surface area contributed by atoms with E-state index in [2.05, 4.69) is 9.82 Å². The fraction of sp³-hybridized carbons (Fsp3) is 0.182. The molecule has 0 aliphatic rings. The Balaban J connectivity index is 2.31. The van der Waals surface area contributed by atoms with E-state index >= 15 is 0 Å². The van der Waals surface area contributed by atoms with Crippen molar-refractivity contribution in [3.63, 3.8) is 0 Å². The van der Waals surface area contributed by atoms with Crippen LogP contribution in [-0.2, 0) is 17.1 Å². The van der Waals surface area contributed by atoms with E-state index < -0.39 is 10.0 Å². The van der Waals surface area contributed by atoms with E-state index in [1.54, 1.807) is 13.2 Å². The van der Waals surface area contributed by atoms with Crippen LogP contribution in [0.2, 0.25) is 0 Å². The number of rotatable bonds is 4. The fourth-order valence-corrected chi connectivity index (χ4v) is 2.63. The Kier molecular flexibility index (Phi) is 3.34. The predicted molar refractivity (Wildman–Crippen MR) is 71.4 cm³/mol. The summed E-state index contributed by atoms with van der Waals surface area (Å²) in [6, 6.07) is 4.28. The zero-order valence-electron chi connectivity index (χ0n) is 10.5. The van der Waals surface area contributed by atoms with Crippen LogP contribution in [0.3, 0.4) is 0 Å². The van der Waals surface area contributed by atoms with Crippen molar-refractivity contribution in [2.45, 2.75) is 4.90 Å². The molecular formula is C11H14N4O3S. The van der Waals surface area contributed by atoms with Gasteiger partial charge in [0.15, 0.2) is 0 Å². The lowest BCUT2D eigenvalue weighted by Gasteiger charge is -2.09. The second kappa shape index (κ2) is 4.81. The summed E-state index contributed by atoms with van der Waals surface area (Å²) >= 11 is 0. The number of sulfonamides is 1. The molecule has 0 amide bonds. The maximum atomic E-state index is 12.1. The normalized spacial score (nSPS) is 11.3. The van der Waals surface area contributed by atoms with Crippen LogP contribution in [0.15, 0.2) is 35.5 Å². The van der Waals surface area contributed by atoms with E-state index in [9.17, 15) is 8.42 Å². The van der Waals surface area contributed by atoms with Gasteiger partial charge in [0, 0.05) is 13.2 Å². The highest BCUT2D eigenvalue weighted by molar-refractivity contribution is 7.92. The van der Waals surface area contributed by atoms with E-state index in [-0.39, 0.29) is 10.6 Å². The number of ether oxygens (including phenoxy) is 1. The van der Waals surface area contributed by atoms with Gasteiger partial charge in [0.25, 0.3) is 10.0 Å². The number of nitrogen functional groups attached to an aromatic ring is 1. The minimum atomic E-state index is -3.69. The number of nitrogens with two attached hydrogens (primary N) is 1. The van der Waals surface area contributed by atoms with Crippen LogP contribution in [-0.4, -0.2) is 25.3 Å². The number of nitrogens with zero attached hydrogens (tertiary/aromatic N) is 2. The van der Waals surface area contributed by atoms with Gasteiger partial charge in [-0.3, -0.25) is 9.40 Å². The minimum Gasteiger partial charge on any atom is -0.495 e. The zero-order chi connectivity index (χ0) is 14.0. The molecule has 19 heavy (non-hydrogen) atoms. The molecule has 1 aromatic heterocycles. The van der Waals surface area contributed by atoms with Crippen molar-refractivity contribution in [1.82, 2.24) is 9.78 Å². The van der Waals surface area contributed by atoms with Gasteiger partial charge in [-0.25, -0.2) is 8.42 Å². The number of aryl methyl sites for hydroxylation is 1. The highest BCUT2D eigenvalue weighted by Crippen LogP contribution is 2.25. The molecule has 0 aliphatic carbocycles. The SMILES string of the molecule is COc1ccc(S(=O)(=O)Nc2cnn(C)c2)cc1N. The molecule has 1 heterocycles. The third-order valence-electron chi connectivity index (χ3n) is 2.47. The maximum Gasteiger partial charge on any atom is 0.262 e. The molecule has 0 unspecified atom stereocenters. The number of hydrogen-bond acceptors (Lipinski definition) is 5. The Morgan fingerprint density at radius 3 is 2.68 bits per heavy atom. The lowest BCUT2D eigenvalue weighted by Crippen LogP contribution is -2.13. The first-order valence-corrected chi connectivity index (χ1v) is 6.85. The van der Waals surface area contributed by atoms with Crippen molar-refractivity contribution >= 4 is 21.4 Å². The maximum absolute atomic E-state index is 12.1. The molecule has 0 saturated carbocycles. The molecule has 0 saturated heterocycles. The van der Waals surface area contributed by atoms with E-state index in [4.69, 9.17) is 10.5 Å². The molecule has 2 rings (SSSR count). The summed E-state index contributed by atoms with van der Waals surface area (Å²) in [5.41, 5.74) is 6.34. The van der Waals surface area contributed by atoms with Gasteiger partial charge in [-0.2, -0.15) is 5.10 Å². The van der Waals surface area contributed by atoms with E-state index in [0.717, 1.165) is 0 Å². The molecule has 0 spiro atoms. The van der Waals surface area contributed by atoms with Crippen molar-refractivity contribution in [3.8, 4) is 5.75 Å². The van der Waals surface area contributed by atoms with Crippen LogP contribution < -0.4 is 15.2 Å². The highest BCUT2D eigenvalue weighted by Gasteiger charge is 2.16. The van der Waals surface area contributed by atoms with Crippen LogP contribution in [0.25, 0.3) is 0 Å². The predicted octanol–water partition coefficient (Wildman–Crippen LogP) is 0.812. The average Bonchev–Trinajstić information content (AvgIpc) is 2.73. The Labute approximate surface area is 111 Å². The Morgan fingerprint density at radius 2 is 2.16 bits per heavy atom. The second-order valence-corrected chi connectivity index (χ2v) is 5.59. The van der Waals surface area contributed by atoms with Crippen LogP contribution >= 0.6 is 0 Å². The lowest BCUT2D eigenvalue weighted by molar-refractivity contribution is 0.416. The number of anilines is 2. The largest absolute Gasteiger partial charge is 0.495 e. The summed E-state index contributed by atoms with van der Waals surface area (Å²) in [7, 11) is -0.523. The number of aromatic nitrogens is 2. The van der Waals surface area contributed by atoms with Gasteiger partial charge in [-0.15, -0.1) is 0 Å².